The van der Waals surface area contributed by atoms with E-state index >= 15 is 0 Å². The van der Waals surface area contributed by atoms with Crippen molar-refractivity contribution >= 4 is 12.4 Å². The van der Waals surface area contributed by atoms with Crippen LogP contribution in [0.4, 0.5) is 0 Å². The van der Waals surface area contributed by atoms with E-state index in [1.807, 2.05) is 31.6 Å². The number of imidazole rings is 1. The molecule has 0 aliphatic rings. The molecule has 0 atom stereocenters. The Morgan fingerprint density at radius 3 is 2.86 bits per heavy atom. The van der Waals surface area contributed by atoms with Crippen LogP contribution in [0.5, 0.6) is 11.5 Å². The van der Waals surface area contributed by atoms with E-state index in [9.17, 15) is 0 Å². The van der Waals surface area contributed by atoms with Gasteiger partial charge in [-0.3, -0.25) is 0 Å². The van der Waals surface area contributed by atoms with Gasteiger partial charge in [-0.15, -0.1) is 12.4 Å². The van der Waals surface area contributed by atoms with Crippen LogP contribution in [0.3, 0.4) is 0 Å². The number of methoxy groups -OCH3 is 1. The Morgan fingerprint density at radius 2 is 2.18 bits per heavy atom. The molecule has 6 heteroatoms. The molecule has 0 fully saturated rings. The maximum atomic E-state index is 5.70. The summed E-state index contributed by atoms with van der Waals surface area (Å²) in [4.78, 5) is 4.03. The van der Waals surface area contributed by atoms with Crippen molar-refractivity contribution in [3.63, 3.8) is 0 Å². The zero-order chi connectivity index (χ0) is 14.9. The maximum absolute atomic E-state index is 5.70. The zero-order valence-corrected chi connectivity index (χ0v) is 13.9. The Kier molecular flexibility index (Phi) is 8.40. The molecule has 2 aromatic rings. The SMILES string of the molecule is CCOc1c(CNCCCn2ccnc2)cccc1OC.Cl. The van der Waals surface area contributed by atoms with E-state index in [4.69, 9.17) is 9.47 Å². The summed E-state index contributed by atoms with van der Waals surface area (Å²) in [6.45, 7) is 5.31. The van der Waals surface area contributed by atoms with Crippen molar-refractivity contribution in [2.75, 3.05) is 20.3 Å². The number of hydrogen-bond donors (Lipinski definition) is 1. The fourth-order valence-corrected chi connectivity index (χ4v) is 2.20. The van der Waals surface area contributed by atoms with Gasteiger partial charge in [0.05, 0.1) is 20.0 Å². The highest BCUT2D eigenvalue weighted by Gasteiger charge is 2.09. The maximum Gasteiger partial charge on any atom is 0.165 e. The van der Waals surface area contributed by atoms with Gasteiger partial charge in [0.15, 0.2) is 11.5 Å². The van der Waals surface area contributed by atoms with Crippen LogP contribution in [0.1, 0.15) is 18.9 Å². The van der Waals surface area contributed by atoms with Gasteiger partial charge in [-0.05, 0) is 26.0 Å². The first kappa shape index (κ1) is 18.3. The highest BCUT2D eigenvalue weighted by molar-refractivity contribution is 5.85. The van der Waals surface area contributed by atoms with Crippen molar-refractivity contribution < 1.29 is 9.47 Å². The Morgan fingerprint density at radius 1 is 1.32 bits per heavy atom. The van der Waals surface area contributed by atoms with E-state index in [0.29, 0.717) is 6.61 Å². The van der Waals surface area contributed by atoms with Crippen molar-refractivity contribution in [3.05, 3.63) is 42.5 Å². The summed E-state index contributed by atoms with van der Waals surface area (Å²) >= 11 is 0. The van der Waals surface area contributed by atoms with Crippen LogP contribution in [0, 0.1) is 0 Å². The Hall–Kier alpha value is -1.72. The van der Waals surface area contributed by atoms with Crippen LogP contribution >= 0.6 is 12.4 Å². The molecule has 0 amide bonds. The molecule has 1 aromatic heterocycles. The van der Waals surface area contributed by atoms with E-state index < -0.39 is 0 Å². The van der Waals surface area contributed by atoms with Gasteiger partial charge in [0.2, 0.25) is 0 Å². The summed E-state index contributed by atoms with van der Waals surface area (Å²) in [7, 11) is 1.67. The third-order valence-electron chi connectivity index (χ3n) is 3.21. The Labute approximate surface area is 138 Å². The number of nitrogens with one attached hydrogen (secondary N) is 1. The molecule has 0 radical (unpaired) electrons. The zero-order valence-electron chi connectivity index (χ0n) is 13.1. The van der Waals surface area contributed by atoms with Gasteiger partial charge in [0.1, 0.15) is 0 Å². The number of para-hydroxylation sites is 1. The Bertz CT molecular complexity index is 532. The van der Waals surface area contributed by atoms with Crippen molar-refractivity contribution in [3.8, 4) is 11.5 Å². The first-order valence-corrected chi connectivity index (χ1v) is 7.30. The van der Waals surface area contributed by atoms with Crippen molar-refractivity contribution in [2.24, 2.45) is 0 Å². The monoisotopic (exact) mass is 325 g/mol. The summed E-state index contributed by atoms with van der Waals surface area (Å²) in [5, 5.41) is 3.44. The average Bonchev–Trinajstić information content (AvgIpc) is 3.01. The predicted molar refractivity (Wildman–Crippen MR) is 90.0 cm³/mol. The van der Waals surface area contributed by atoms with E-state index in [1.54, 1.807) is 13.3 Å². The summed E-state index contributed by atoms with van der Waals surface area (Å²) in [5.41, 5.74) is 1.12. The van der Waals surface area contributed by atoms with Gasteiger partial charge in [0.25, 0.3) is 0 Å². The molecule has 0 spiro atoms. The average molecular weight is 326 g/mol. The fraction of sp³-hybridized carbons (Fsp3) is 0.438. The lowest BCUT2D eigenvalue weighted by atomic mass is 10.2. The fourth-order valence-electron chi connectivity index (χ4n) is 2.20. The van der Waals surface area contributed by atoms with E-state index in [-0.39, 0.29) is 12.4 Å². The molecule has 0 unspecified atom stereocenters. The van der Waals surface area contributed by atoms with Gasteiger partial charge in [-0.2, -0.15) is 0 Å². The van der Waals surface area contributed by atoms with Gasteiger partial charge in [-0.1, -0.05) is 12.1 Å². The second kappa shape index (κ2) is 10.1. The van der Waals surface area contributed by atoms with Crippen LogP contribution in [-0.4, -0.2) is 29.8 Å². The third-order valence-corrected chi connectivity index (χ3v) is 3.21. The highest BCUT2D eigenvalue weighted by atomic mass is 35.5. The molecule has 2 rings (SSSR count). The smallest absolute Gasteiger partial charge is 0.165 e. The molecule has 1 heterocycles. The van der Waals surface area contributed by atoms with Crippen molar-refractivity contribution in [2.45, 2.75) is 26.4 Å². The van der Waals surface area contributed by atoms with E-state index in [1.165, 1.54) is 0 Å². The van der Waals surface area contributed by atoms with Gasteiger partial charge in [0, 0.05) is 31.0 Å². The van der Waals surface area contributed by atoms with E-state index in [0.717, 1.165) is 43.1 Å². The number of nitrogens with zero attached hydrogens (tertiary/aromatic N) is 2. The molecule has 122 valence electrons. The number of aromatic nitrogens is 2. The van der Waals surface area contributed by atoms with Crippen LogP contribution in [0.25, 0.3) is 0 Å². The Balaban J connectivity index is 0.00000242. The predicted octanol–water partition coefficient (Wildman–Crippen LogP) is 2.89. The van der Waals surface area contributed by atoms with Gasteiger partial charge < -0.3 is 19.4 Å². The second-order valence-electron chi connectivity index (χ2n) is 4.71. The lowest BCUT2D eigenvalue weighted by molar-refractivity contribution is 0.306. The molecule has 0 saturated carbocycles. The van der Waals surface area contributed by atoms with Crippen molar-refractivity contribution in [1.82, 2.24) is 14.9 Å². The lowest BCUT2D eigenvalue weighted by Crippen LogP contribution is -2.17. The second-order valence-corrected chi connectivity index (χ2v) is 4.71. The molecule has 5 nitrogen and oxygen atoms in total. The molecule has 0 aliphatic carbocycles. The molecular formula is C16H24ClN3O2. The number of aryl methyl sites for hydroxylation is 1. The standard InChI is InChI=1S/C16H23N3O2.ClH/c1-3-21-16-14(6-4-7-15(16)20-2)12-17-8-5-10-19-11-9-18-13-19;/h4,6-7,9,11,13,17H,3,5,8,10,12H2,1-2H3;1H. The quantitative estimate of drug-likeness (QED) is 0.720. The van der Waals surface area contributed by atoms with Crippen LogP contribution in [-0.2, 0) is 13.1 Å². The largest absolute Gasteiger partial charge is 0.493 e. The summed E-state index contributed by atoms with van der Waals surface area (Å²) in [5.74, 6) is 1.62. The van der Waals surface area contributed by atoms with Crippen molar-refractivity contribution in [1.29, 1.82) is 0 Å². The first-order chi connectivity index (χ1) is 10.3. The normalized spacial score (nSPS) is 10.1. The lowest BCUT2D eigenvalue weighted by Gasteiger charge is -2.14. The molecule has 0 bridgehead atoms. The third kappa shape index (κ3) is 5.24. The minimum absolute atomic E-state index is 0. The van der Waals surface area contributed by atoms with E-state index in [2.05, 4.69) is 20.9 Å². The van der Waals surface area contributed by atoms with Crippen LogP contribution < -0.4 is 14.8 Å². The van der Waals surface area contributed by atoms with Crippen LogP contribution in [0.15, 0.2) is 36.9 Å². The minimum Gasteiger partial charge on any atom is -0.493 e. The minimum atomic E-state index is 0. The highest BCUT2D eigenvalue weighted by Crippen LogP contribution is 2.30. The number of ether oxygens (including phenoxy) is 2. The first-order valence-electron chi connectivity index (χ1n) is 7.30. The number of benzene rings is 1. The topological polar surface area (TPSA) is 48.3 Å². The molecule has 22 heavy (non-hydrogen) atoms. The molecule has 0 saturated heterocycles. The van der Waals surface area contributed by atoms with Gasteiger partial charge >= 0.3 is 0 Å². The number of rotatable bonds is 9. The summed E-state index contributed by atoms with van der Waals surface area (Å²) in [6, 6.07) is 5.98. The van der Waals surface area contributed by atoms with Crippen LogP contribution in [0.2, 0.25) is 0 Å². The summed E-state index contributed by atoms with van der Waals surface area (Å²) in [6.07, 6.45) is 6.69. The molecule has 0 aliphatic heterocycles. The summed E-state index contributed by atoms with van der Waals surface area (Å²) < 4.78 is 13.1. The molecule has 1 N–H and O–H groups in total. The number of halogens is 1. The molecular weight excluding hydrogens is 302 g/mol. The molecule has 1 aromatic carbocycles. The number of hydrogen-bond acceptors (Lipinski definition) is 4. The van der Waals surface area contributed by atoms with Gasteiger partial charge in [-0.25, -0.2) is 4.98 Å².